The summed E-state index contributed by atoms with van der Waals surface area (Å²) in [6.07, 6.45) is 10.7. The molecule has 1 aliphatic carbocycles. The Kier molecular flexibility index (Phi) is 11.3. The van der Waals surface area contributed by atoms with Crippen molar-refractivity contribution in [1.82, 2.24) is 15.1 Å². The Labute approximate surface area is 299 Å². The van der Waals surface area contributed by atoms with E-state index in [0.29, 0.717) is 36.3 Å². The average Bonchev–Trinajstić information content (AvgIpc) is 3.40. The van der Waals surface area contributed by atoms with Crippen LogP contribution >= 0.6 is 23.2 Å². The Morgan fingerprint density at radius 2 is 1.96 bits per heavy atom. The van der Waals surface area contributed by atoms with Crippen LogP contribution in [-0.4, -0.2) is 53.3 Å². The molecule has 10 nitrogen and oxygen atoms in total. The lowest BCUT2D eigenvalue weighted by molar-refractivity contribution is 0.0133. The van der Waals surface area contributed by atoms with Crippen molar-refractivity contribution in [3.05, 3.63) is 87.2 Å². The minimum absolute atomic E-state index is 0.0259. The molecule has 5 atom stereocenters. The van der Waals surface area contributed by atoms with E-state index >= 15 is 0 Å². The zero-order valence-electron chi connectivity index (χ0n) is 27.9. The van der Waals surface area contributed by atoms with Gasteiger partial charge in [-0.25, -0.2) is 0 Å². The molecular formula is C36H42Cl2N5O5S-. The first-order valence-electron chi connectivity index (χ1n) is 16.8. The molecule has 1 fully saturated rings. The normalized spacial score (nSPS) is 25.1. The number of aryl methyl sites for hydroxylation is 2. The summed E-state index contributed by atoms with van der Waals surface area (Å²) in [5.74, 6) is -0.231. The highest BCUT2D eigenvalue weighted by Crippen LogP contribution is 2.42. The highest BCUT2D eigenvalue weighted by atomic mass is 35.5. The fourth-order valence-electron chi connectivity index (χ4n) is 6.94. The number of nitrogens with one attached hydrogen (secondary N) is 1. The summed E-state index contributed by atoms with van der Waals surface area (Å²) in [5, 5.41) is 6.62. The lowest BCUT2D eigenvalue weighted by Gasteiger charge is -2.43. The van der Waals surface area contributed by atoms with Gasteiger partial charge in [-0.15, -0.1) is 0 Å². The molecule has 1 saturated carbocycles. The minimum atomic E-state index is -2.12. The second kappa shape index (κ2) is 15.7. The minimum Gasteiger partial charge on any atom is -0.491 e. The van der Waals surface area contributed by atoms with Crippen LogP contribution in [0.25, 0.3) is 0 Å². The van der Waals surface area contributed by atoms with Gasteiger partial charge in [0.05, 0.1) is 24.0 Å². The highest BCUT2D eigenvalue weighted by molar-refractivity contribution is 7.75. The van der Waals surface area contributed by atoms with Crippen LogP contribution in [0.3, 0.4) is 0 Å². The van der Waals surface area contributed by atoms with Gasteiger partial charge in [-0.05, 0) is 103 Å². The number of methoxy groups -OCH3 is 1. The van der Waals surface area contributed by atoms with Gasteiger partial charge in [0.1, 0.15) is 5.75 Å². The fraction of sp³-hybridized carbons (Fsp3) is 0.472. The zero-order chi connectivity index (χ0) is 34.7. The van der Waals surface area contributed by atoms with Crippen LogP contribution in [-0.2, 0) is 39.6 Å². The number of benzene rings is 2. The topological polar surface area (TPSA) is 115 Å². The SMILES string of the molecule is COC1C=CCC(C)C(NC(=O)c2cn(C)nc2Cl)[S-](=O)=NC(=O)c2ccc3c(c2)N(Cc2ccc(Cl)cc2CCCCO3)CC2CCC21. The van der Waals surface area contributed by atoms with Crippen LogP contribution in [0.5, 0.6) is 5.75 Å². The number of carbonyl (C=O) groups is 2. The van der Waals surface area contributed by atoms with Crippen molar-refractivity contribution in [2.45, 2.75) is 63.5 Å². The third-order valence-corrected chi connectivity index (χ3v) is 11.7. The van der Waals surface area contributed by atoms with Gasteiger partial charge in [0.2, 0.25) is 0 Å². The number of allylic oxidation sites excluding steroid dienone is 1. The number of hydrogen-bond acceptors (Lipinski definition) is 8. The summed E-state index contributed by atoms with van der Waals surface area (Å²) in [7, 11) is 1.26. The Balaban J connectivity index is 1.42. The molecule has 3 heterocycles. The molecule has 2 aliphatic heterocycles. The quantitative estimate of drug-likeness (QED) is 0.226. The molecule has 0 spiro atoms. The predicted molar refractivity (Wildman–Crippen MR) is 192 cm³/mol. The van der Waals surface area contributed by atoms with E-state index in [1.54, 1.807) is 26.3 Å². The maximum atomic E-state index is 13.9. The van der Waals surface area contributed by atoms with Crippen molar-refractivity contribution in [3.63, 3.8) is 0 Å². The molecule has 1 aromatic heterocycles. The fourth-order valence-corrected chi connectivity index (χ4v) is 8.49. The second-order valence-corrected chi connectivity index (χ2v) is 15.2. The van der Waals surface area contributed by atoms with Gasteiger partial charge in [-0.3, -0.25) is 14.3 Å². The van der Waals surface area contributed by atoms with Gasteiger partial charge >= 0.3 is 0 Å². The summed E-state index contributed by atoms with van der Waals surface area (Å²) >= 11 is 12.6. The van der Waals surface area contributed by atoms with E-state index in [1.807, 2.05) is 25.1 Å². The van der Waals surface area contributed by atoms with Gasteiger partial charge in [0.15, 0.2) is 5.15 Å². The molecule has 262 valence electrons. The average molecular weight is 728 g/mol. The number of carbonyl (C=O) groups excluding carboxylic acids is 2. The molecule has 49 heavy (non-hydrogen) atoms. The van der Waals surface area contributed by atoms with Crippen molar-refractivity contribution in [2.75, 3.05) is 25.2 Å². The third-order valence-electron chi connectivity index (χ3n) is 9.84. The smallest absolute Gasteiger partial charge is 0.254 e. The van der Waals surface area contributed by atoms with E-state index in [-0.39, 0.29) is 34.2 Å². The molecule has 2 aromatic carbocycles. The van der Waals surface area contributed by atoms with Crippen molar-refractivity contribution in [1.29, 1.82) is 0 Å². The van der Waals surface area contributed by atoms with Crippen LogP contribution < -0.4 is 15.0 Å². The maximum absolute atomic E-state index is 13.9. The Morgan fingerprint density at radius 3 is 2.69 bits per heavy atom. The van der Waals surface area contributed by atoms with Crippen molar-refractivity contribution < 1.29 is 23.3 Å². The monoisotopic (exact) mass is 726 g/mol. The zero-order valence-corrected chi connectivity index (χ0v) is 30.3. The number of hydrogen-bond donors (Lipinski definition) is 1. The summed E-state index contributed by atoms with van der Waals surface area (Å²) in [6.45, 7) is 3.73. The maximum Gasteiger partial charge on any atom is 0.254 e. The van der Waals surface area contributed by atoms with Gasteiger partial charge in [-0.2, -0.15) is 15.7 Å². The van der Waals surface area contributed by atoms with E-state index in [2.05, 4.69) is 37.9 Å². The van der Waals surface area contributed by atoms with E-state index in [9.17, 15) is 13.8 Å². The molecule has 2 amide bonds. The van der Waals surface area contributed by atoms with Crippen molar-refractivity contribution >= 4 is 51.3 Å². The molecule has 3 aliphatic rings. The Morgan fingerprint density at radius 1 is 1.12 bits per heavy atom. The largest absolute Gasteiger partial charge is 0.491 e. The Bertz CT molecular complexity index is 1820. The Hall–Kier alpha value is -3.38. The molecule has 5 unspecified atom stereocenters. The number of aromatic nitrogens is 2. The summed E-state index contributed by atoms with van der Waals surface area (Å²) < 4.78 is 31.8. The standard InChI is InChI=1S/C36H42Cl2N5O5S/c1-22-7-6-9-31(47-3)28-14-11-26(28)20-43-19-25-10-13-27(37)17-23(25)8-4-5-16-48-32-15-12-24(18-30(32)43)34(44)41-49(46)36(22)39-35(45)29-21-42(2)40-33(29)38/h6,9-10,12-13,15,17-18,21-22,26,28,31,36H,4-5,7-8,11,14,16,19-20H2,1-3H3,(H,39,45)/q-1. The molecule has 1 N–H and O–H groups in total. The first-order valence-corrected chi connectivity index (χ1v) is 18.7. The van der Waals surface area contributed by atoms with Crippen LogP contribution in [0.15, 0.2) is 59.1 Å². The number of ether oxygens (including phenoxy) is 2. The molecular weight excluding hydrogens is 685 g/mol. The van der Waals surface area contributed by atoms with Crippen LogP contribution in [0.2, 0.25) is 10.2 Å². The summed E-state index contributed by atoms with van der Waals surface area (Å²) in [6, 6.07) is 11.3. The number of halogens is 2. The lowest BCUT2D eigenvalue weighted by Crippen LogP contribution is -2.43. The summed E-state index contributed by atoms with van der Waals surface area (Å²) in [5.41, 5.74) is 3.59. The van der Waals surface area contributed by atoms with Crippen LogP contribution in [0, 0.1) is 17.8 Å². The summed E-state index contributed by atoms with van der Waals surface area (Å²) in [4.78, 5) is 29.3. The van der Waals surface area contributed by atoms with Crippen molar-refractivity contribution in [2.24, 2.45) is 29.2 Å². The molecule has 0 saturated heterocycles. The third kappa shape index (κ3) is 8.17. The number of amides is 2. The van der Waals surface area contributed by atoms with Crippen LogP contribution in [0.4, 0.5) is 5.69 Å². The van der Waals surface area contributed by atoms with E-state index < -0.39 is 27.8 Å². The predicted octanol–water partition coefficient (Wildman–Crippen LogP) is 7.13. The van der Waals surface area contributed by atoms with Gasteiger partial charge < -0.3 is 28.3 Å². The lowest BCUT2D eigenvalue weighted by atomic mass is 9.70. The van der Waals surface area contributed by atoms with Gasteiger partial charge in [-0.1, -0.05) is 48.3 Å². The molecule has 0 radical (unpaired) electrons. The molecule has 13 heteroatoms. The van der Waals surface area contributed by atoms with E-state index in [1.165, 1.54) is 22.0 Å². The van der Waals surface area contributed by atoms with E-state index in [0.717, 1.165) is 44.3 Å². The molecule has 6 rings (SSSR count). The second-order valence-electron chi connectivity index (χ2n) is 13.2. The first kappa shape index (κ1) is 35.4. The number of rotatable bonds is 3. The molecule has 3 aromatic rings. The number of nitrogens with zero attached hydrogens (tertiary/aromatic N) is 4. The van der Waals surface area contributed by atoms with Crippen molar-refractivity contribution in [3.8, 4) is 5.75 Å². The number of anilines is 1. The van der Waals surface area contributed by atoms with Gasteiger partial charge in [0, 0.05) is 44.0 Å². The van der Waals surface area contributed by atoms with Gasteiger partial charge in [0.25, 0.3) is 11.8 Å². The molecule has 2 bridgehead atoms. The first-order chi connectivity index (χ1) is 23.6. The van der Waals surface area contributed by atoms with E-state index in [4.69, 9.17) is 32.7 Å². The number of fused-ring (bicyclic) bond motifs is 3. The highest BCUT2D eigenvalue weighted by Gasteiger charge is 2.38. The van der Waals surface area contributed by atoms with Crippen LogP contribution in [0.1, 0.15) is 70.9 Å².